The minimum absolute atomic E-state index is 0.342. The highest BCUT2D eigenvalue weighted by molar-refractivity contribution is 6.62. The maximum Gasteiger partial charge on any atom is 0.499 e. The molecule has 0 aliphatic carbocycles. The van der Waals surface area contributed by atoms with Gasteiger partial charge in [-0.15, -0.1) is 0 Å². The topological polar surface area (TPSA) is 34.6 Å². The molecule has 1 aliphatic heterocycles. The van der Waals surface area contributed by atoms with Crippen molar-refractivity contribution in [1.82, 2.24) is 4.98 Å². The smallest absolute Gasteiger partial charge is 0.399 e. The second-order valence-electron chi connectivity index (χ2n) is 6.32. The first-order valence-electron chi connectivity index (χ1n) is 7.48. The van der Waals surface area contributed by atoms with Crippen molar-refractivity contribution in [2.75, 3.05) is 18.0 Å². The Morgan fingerprint density at radius 1 is 1.14 bits per heavy atom. The Hall–Kier alpha value is -1.14. The molecular formula is C15H24BFN2O2. The number of aromatic nitrogens is 1. The van der Waals surface area contributed by atoms with E-state index >= 15 is 0 Å². The van der Waals surface area contributed by atoms with Gasteiger partial charge >= 0.3 is 7.12 Å². The highest BCUT2D eigenvalue weighted by Crippen LogP contribution is 2.36. The SMILES string of the molecule is CCN(CC)c1cc(F)c(B2OC(C)(C)C(C)(C)O2)cn1. The number of pyridine rings is 1. The molecule has 0 radical (unpaired) electrons. The van der Waals surface area contributed by atoms with Gasteiger partial charge < -0.3 is 14.2 Å². The summed E-state index contributed by atoms with van der Waals surface area (Å²) in [6, 6.07) is 1.45. The number of nitrogens with zero attached hydrogens (tertiary/aromatic N) is 2. The first kappa shape index (κ1) is 16.2. The molecule has 0 atom stereocenters. The molecule has 0 unspecified atom stereocenters. The van der Waals surface area contributed by atoms with Crippen LogP contribution < -0.4 is 10.4 Å². The number of anilines is 1. The molecule has 1 aliphatic rings. The summed E-state index contributed by atoms with van der Waals surface area (Å²) >= 11 is 0. The third kappa shape index (κ3) is 2.92. The van der Waals surface area contributed by atoms with E-state index in [4.69, 9.17) is 9.31 Å². The monoisotopic (exact) mass is 294 g/mol. The van der Waals surface area contributed by atoms with Crippen LogP contribution in [0, 0.1) is 5.82 Å². The molecule has 0 saturated carbocycles. The van der Waals surface area contributed by atoms with E-state index in [1.54, 1.807) is 0 Å². The Morgan fingerprint density at radius 3 is 2.10 bits per heavy atom. The second-order valence-corrected chi connectivity index (χ2v) is 6.32. The number of halogens is 1. The quantitative estimate of drug-likeness (QED) is 0.799. The first-order valence-corrected chi connectivity index (χ1v) is 7.48. The first-order chi connectivity index (χ1) is 9.71. The van der Waals surface area contributed by atoms with Crippen molar-refractivity contribution in [2.45, 2.75) is 52.7 Å². The van der Waals surface area contributed by atoms with Gasteiger partial charge in [-0.2, -0.15) is 0 Å². The van der Waals surface area contributed by atoms with Crippen LogP contribution in [0.1, 0.15) is 41.5 Å². The van der Waals surface area contributed by atoms with Crippen molar-refractivity contribution in [3.63, 3.8) is 0 Å². The number of hydrogen-bond acceptors (Lipinski definition) is 4. The Bertz CT molecular complexity index is 502. The maximum absolute atomic E-state index is 14.4. The van der Waals surface area contributed by atoms with Crippen LogP contribution in [0.3, 0.4) is 0 Å². The summed E-state index contributed by atoms with van der Waals surface area (Å²) < 4.78 is 26.1. The molecule has 6 heteroatoms. The molecule has 2 heterocycles. The lowest BCUT2D eigenvalue weighted by atomic mass is 9.80. The standard InChI is InChI=1S/C15H24BFN2O2/c1-7-19(8-2)13-9-12(17)11(10-18-13)16-20-14(3,4)15(5,6)21-16/h9-10H,7-8H2,1-6H3. The summed E-state index contributed by atoms with van der Waals surface area (Å²) in [5.74, 6) is 0.295. The van der Waals surface area contributed by atoms with E-state index in [9.17, 15) is 4.39 Å². The molecule has 1 aromatic rings. The van der Waals surface area contributed by atoms with E-state index in [0.29, 0.717) is 11.3 Å². The van der Waals surface area contributed by atoms with E-state index < -0.39 is 18.3 Å². The van der Waals surface area contributed by atoms with Crippen LogP contribution in [0.5, 0.6) is 0 Å². The molecule has 1 aromatic heterocycles. The lowest BCUT2D eigenvalue weighted by Gasteiger charge is -2.32. The highest BCUT2D eigenvalue weighted by Gasteiger charge is 2.52. The largest absolute Gasteiger partial charge is 0.499 e. The number of hydrogen-bond donors (Lipinski definition) is 0. The van der Waals surface area contributed by atoms with Gasteiger partial charge in [-0.1, -0.05) is 0 Å². The van der Waals surface area contributed by atoms with E-state index in [1.165, 1.54) is 12.3 Å². The Kier molecular flexibility index (Phi) is 4.31. The van der Waals surface area contributed by atoms with Crippen molar-refractivity contribution < 1.29 is 13.7 Å². The molecule has 21 heavy (non-hydrogen) atoms. The van der Waals surface area contributed by atoms with E-state index in [2.05, 4.69) is 4.98 Å². The summed E-state index contributed by atoms with van der Waals surface area (Å²) in [4.78, 5) is 6.34. The molecule has 0 spiro atoms. The fourth-order valence-corrected chi connectivity index (χ4v) is 2.30. The highest BCUT2D eigenvalue weighted by atomic mass is 19.1. The minimum atomic E-state index is -0.715. The predicted octanol–water partition coefficient (Wildman–Crippen LogP) is 2.37. The van der Waals surface area contributed by atoms with Gasteiger partial charge in [0.05, 0.1) is 11.2 Å². The summed E-state index contributed by atoms with van der Waals surface area (Å²) in [7, 11) is -0.715. The van der Waals surface area contributed by atoms with E-state index in [-0.39, 0.29) is 5.82 Å². The molecule has 1 fully saturated rings. The van der Waals surface area contributed by atoms with Crippen LogP contribution >= 0.6 is 0 Å². The van der Waals surface area contributed by atoms with Crippen LogP contribution in [0.15, 0.2) is 12.3 Å². The van der Waals surface area contributed by atoms with E-state index in [0.717, 1.165) is 13.1 Å². The van der Waals surface area contributed by atoms with Gasteiger partial charge in [0.25, 0.3) is 0 Å². The van der Waals surface area contributed by atoms with Crippen LogP contribution in [-0.4, -0.2) is 36.4 Å². The Labute approximate surface area is 126 Å². The molecule has 0 aromatic carbocycles. The molecule has 4 nitrogen and oxygen atoms in total. The predicted molar refractivity (Wildman–Crippen MR) is 83.5 cm³/mol. The van der Waals surface area contributed by atoms with Gasteiger partial charge in [-0.25, -0.2) is 9.37 Å². The van der Waals surface area contributed by atoms with Crippen LogP contribution in [0.4, 0.5) is 10.2 Å². The van der Waals surface area contributed by atoms with Gasteiger partial charge in [0.1, 0.15) is 11.6 Å². The Balaban J connectivity index is 2.27. The molecule has 116 valence electrons. The lowest BCUT2D eigenvalue weighted by Crippen LogP contribution is -2.41. The van der Waals surface area contributed by atoms with Crippen molar-refractivity contribution in [1.29, 1.82) is 0 Å². The average molecular weight is 294 g/mol. The molecule has 2 rings (SSSR count). The van der Waals surface area contributed by atoms with Gasteiger partial charge in [-0.3, -0.25) is 0 Å². The molecule has 0 amide bonds. The summed E-state index contributed by atoms with van der Waals surface area (Å²) in [6.45, 7) is 13.4. The fraction of sp³-hybridized carbons (Fsp3) is 0.667. The van der Waals surface area contributed by atoms with Crippen molar-refractivity contribution >= 4 is 18.4 Å². The van der Waals surface area contributed by atoms with Gasteiger partial charge in [0.2, 0.25) is 0 Å². The minimum Gasteiger partial charge on any atom is -0.399 e. The Morgan fingerprint density at radius 2 is 1.67 bits per heavy atom. The normalized spacial score (nSPS) is 19.9. The zero-order valence-electron chi connectivity index (χ0n) is 13.7. The zero-order chi connectivity index (χ0) is 15.8. The third-order valence-corrected chi connectivity index (χ3v) is 4.46. The van der Waals surface area contributed by atoms with Crippen LogP contribution in [-0.2, 0) is 9.31 Å². The van der Waals surface area contributed by atoms with Crippen molar-refractivity contribution in [2.24, 2.45) is 0 Å². The summed E-state index contributed by atoms with van der Waals surface area (Å²) in [5, 5.41) is 0. The third-order valence-electron chi connectivity index (χ3n) is 4.46. The second kappa shape index (κ2) is 5.57. The molecular weight excluding hydrogens is 270 g/mol. The fourth-order valence-electron chi connectivity index (χ4n) is 2.30. The van der Waals surface area contributed by atoms with E-state index in [1.807, 2.05) is 46.4 Å². The molecule has 0 bridgehead atoms. The summed E-state index contributed by atoms with van der Waals surface area (Å²) in [5.41, 5.74) is -0.618. The van der Waals surface area contributed by atoms with Gasteiger partial charge in [0, 0.05) is 30.8 Å². The zero-order valence-corrected chi connectivity index (χ0v) is 13.7. The number of rotatable bonds is 4. The van der Waals surface area contributed by atoms with Gasteiger partial charge in [-0.05, 0) is 41.5 Å². The average Bonchev–Trinajstić information content (AvgIpc) is 2.59. The van der Waals surface area contributed by atoms with Crippen molar-refractivity contribution in [3.8, 4) is 0 Å². The lowest BCUT2D eigenvalue weighted by molar-refractivity contribution is 0.00578. The maximum atomic E-state index is 14.4. The summed E-state index contributed by atoms with van der Waals surface area (Å²) in [6.07, 6.45) is 1.52. The van der Waals surface area contributed by atoms with Crippen LogP contribution in [0.2, 0.25) is 0 Å². The van der Waals surface area contributed by atoms with Gasteiger partial charge in [0.15, 0.2) is 0 Å². The van der Waals surface area contributed by atoms with Crippen LogP contribution in [0.25, 0.3) is 0 Å². The molecule has 1 saturated heterocycles. The molecule has 0 N–H and O–H groups in total. The van der Waals surface area contributed by atoms with Crippen molar-refractivity contribution in [3.05, 3.63) is 18.1 Å².